The van der Waals surface area contributed by atoms with E-state index < -0.39 is 9.71 Å². The molecular formula is C26H28N6O2S. The van der Waals surface area contributed by atoms with Gasteiger partial charge in [0.2, 0.25) is 5.95 Å². The minimum Gasteiger partial charge on any atom is -0.494 e. The third kappa shape index (κ3) is 6.56. The van der Waals surface area contributed by atoms with Gasteiger partial charge in [-0.3, -0.25) is 10.1 Å². The van der Waals surface area contributed by atoms with Crippen molar-refractivity contribution in [1.82, 2.24) is 15.0 Å². The maximum atomic E-state index is 12.1. The Morgan fingerprint density at radius 2 is 1.91 bits per heavy atom. The first-order chi connectivity index (χ1) is 16.9. The Morgan fingerprint density at radius 1 is 1.09 bits per heavy atom. The van der Waals surface area contributed by atoms with Crippen LogP contribution in [0.5, 0.6) is 5.75 Å². The van der Waals surface area contributed by atoms with Crippen molar-refractivity contribution in [2.24, 2.45) is 5.14 Å². The SMILES string of the molecule is C=S(N)(=O)c1cccc(Nc2ncc(-c3ccc(OCC)cc3)c(NCCc3cccnc3)n2)c1. The van der Waals surface area contributed by atoms with E-state index in [0.717, 1.165) is 28.9 Å². The van der Waals surface area contributed by atoms with Crippen LogP contribution in [0, 0.1) is 0 Å². The molecule has 4 N–H and O–H groups in total. The predicted molar refractivity (Wildman–Crippen MR) is 143 cm³/mol. The summed E-state index contributed by atoms with van der Waals surface area (Å²) in [5.41, 5.74) is 3.62. The van der Waals surface area contributed by atoms with E-state index in [9.17, 15) is 4.21 Å². The summed E-state index contributed by atoms with van der Waals surface area (Å²) in [6, 6.07) is 18.8. The number of hydrogen-bond acceptors (Lipinski definition) is 7. The molecule has 0 aliphatic carbocycles. The Morgan fingerprint density at radius 3 is 2.63 bits per heavy atom. The molecule has 0 aliphatic heterocycles. The minimum absolute atomic E-state index is 0.397. The van der Waals surface area contributed by atoms with E-state index in [4.69, 9.17) is 14.9 Å². The molecule has 1 atom stereocenters. The second kappa shape index (κ2) is 11.0. The highest BCUT2D eigenvalue weighted by Gasteiger charge is 2.11. The van der Waals surface area contributed by atoms with Crippen LogP contribution < -0.4 is 20.5 Å². The summed E-state index contributed by atoms with van der Waals surface area (Å²) < 4.78 is 17.7. The number of nitrogens with one attached hydrogen (secondary N) is 2. The highest BCUT2D eigenvalue weighted by molar-refractivity contribution is 7.98. The molecule has 0 bridgehead atoms. The van der Waals surface area contributed by atoms with Crippen molar-refractivity contribution in [2.75, 3.05) is 23.8 Å². The topological polar surface area (TPSA) is 115 Å². The Bertz CT molecular complexity index is 1380. The highest BCUT2D eigenvalue weighted by atomic mass is 32.2. The van der Waals surface area contributed by atoms with Crippen LogP contribution in [0.15, 0.2) is 84.1 Å². The second-order valence-corrected chi connectivity index (χ2v) is 9.75. The third-order valence-electron chi connectivity index (χ3n) is 5.18. The van der Waals surface area contributed by atoms with Gasteiger partial charge in [0, 0.05) is 41.3 Å². The number of nitrogens with zero attached hydrogens (tertiary/aromatic N) is 3. The third-order valence-corrected chi connectivity index (χ3v) is 6.24. The van der Waals surface area contributed by atoms with Gasteiger partial charge in [-0.25, -0.2) is 9.19 Å². The molecule has 0 fully saturated rings. The summed E-state index contributed by atoms with van der Waals surface area (Å²) in [5.74, 6) is 5.44. The van der Waals surface area contributed by atoms with Crippen LogP contribution >= 0.6 is 0 Å². The standard InChI is InChI=1S/C26H28N6O2S/c1-3-34-22-11-9-20(10-12-22)24-18-30-26(31-21-7-4-8-23(16-21)35(2,27)33)32-25(24)29-15-13-19-6-5-14-28-17-19/h4-12,14,16-18H,2-3,13,15H2,1H3,(H2,27,33)(H2,29,30,31,32). The molecule has 9 heteroatoms. The van der Waals surface area contributed by atoms with Crippen molar-refractivity contribution >= 4 is 33.0 Å². The van der Waals surface area contributed by atoms with Gasteiger partial charge in [0.1, 0.15) is 11.6 Å². The number of nitrogens with two attached hydrogens (primary N) is 1. The van der Waals surface area contributed by atoms with Gasteiger partial charge in [0.15, 0.2) is 0 Å². The first-order valence-electron chi connectivity index (χ1n) is 11.2. The van der Waals surface area contributed by atoms with Gasteiger partial charge < -0.3 is 15.4 Å². The van der Waals surface area contributed by atoms with Crippen molar-refractivity contribution in [3.8, 4) is 16.9 Å². The molecular weight excluding hydrogens is 460 g/mol. The van der Waals surface area contributed by atoms with Crippen molar-refractivity contribution in [1.29, 1.82) is 0 Å². The monoisotopic (exact) mass is 488 g/mol. The van der Waals surface area contributed by atoms with Crippen molar-refractivity contribution in [3.05, 3.63) is 84.8 Å². The number of ether oxygens (including phenoxy) is 1. The lowest BCUT2D eigenvalue weighted by molar-refractivity contribution is 0.340. The quantitative estimate of drug-likeness (QED) is 0.285. The van der Waals surface area contributed by atoms with E-state index in [1.807, 2.05) is 55.6 Å². The zero-order chi connectivity index (χ0) is 24.7. The molecule has 2 aromatic carbocycles. The fourth-order valence-electron chi connectivity index (χ4n) is 3.47. The van der Waals surface area contributed by atoms with Crippen LogP contribution in [0.25, 0.3) is 11.1 Å². The van der Waals surface area contributed by atoms with Crippen LogP contribution in [0.4, 0.5) is 17.5 Å². The Kier molecular flexibility index (Phi) is 7.59. The highest BCUT2D eigenvalue weighted by Crippen LogP contribution is 2.29. The summed E-state index contributed by atoms with van der Waals surface area (Å²) in [6.07, 6.45) is 6.18. The van der Waals surface area contributed by atoms with E-state index in [1.54, 1.807) is 30.6 Å². The lowest BCUT2D eigenvalue weighted by atomic mass is 10.1. The molecule has 35 heavy (non-hydrogen) atoms. The number of rotatable bonds is 10. The molecule has 8 nitrogen and oxygen atoms in total. The molecule has 0 saturated heterocycles. The maximum absolute atomic E-state index is 12.1. The van der Waals surface area contributed by atoms with Gasteiger partial charge in [-0.1, -0.05) is 24.3 Å². The molecule has 2 aromatic heterocycles. The molecule has 4 aromatic rings. The van der Waals surface area contributed by atoms with E-state index in [0.29, 0.717) is 35.5 Å². The number of aromatic nitrogens is 3. The lowest BCUT2D eigenvalue weighted by Gasteiger charge is -2.14. The van der Waals surface area contributed by atoms with Crippen molar-refractivity contribution in [3.63, 3.8) is 0 Å². The van der Waals surface area contributed by atoms with Crippen LogP contribution in [-0.2, 0) is 16.1 Å². The average molecular weight is 489 g/mol. The fourth-order valence-corrected chi connectivity index (χ4v) is 4.11. The van der Waals surface area contributed by atoms with E-state index >= 15 is 0 Å². The van der Waals surface area contributed by atoms with Gasteiger partial charge in [0.25, 0.3) is 0 Å². The number of pyridine rings is 1. The Labute approximate surface area is 205 Å². The first kappa shape index (κ1) is 24.2. The molecule has 0 spiro atoms. The number of benzene rings is 2. The van der Waals surface area contributed by atoms with E-state index in [2.05, 4.69) is 26.5 Å². The first-order valence-corrected chi connectivity index (χ1v) is 13.0. The summed E-state index contributed by atoms with van der Waals surface area (Å²) in [6.45, 7) is 3.23. The molecule has 2 heterocycles. The zero-order valence-electron chi connectivity index (χ0n) is 19.5. The zero-order valence-corrected chi connectivity index (χ0v) is 20.3. The maximum Gasteiger partial charge on any atom is 0.229 e. The fraction of sp³-hybridized carbons (Fsp3) is 0.154. The summed E-state index contributed by atoms with van der Waals surface area (Å²) in [5, 5.41) is 12.3. The summed E-state index contributed by atoms with van der Waals surface area (Å²) in [7, 11) is -2.82. The van der Waals surface area contributed by atoms with Gasteiger partial charge >= 0.3 is 0 Å². The average Bonchev–Trinajstić information content (AvgIpc) is 2.85. The van der Waals surface area contributed by atoms with Gasteiger partial charge in [-0.05, 0) is 66.7 Å². The van der Waals surface area contributed by atoms with E-state index in [-0.39, 0.29) is 0 Å². The molecule has 0 amide bonds. The molecule has 0 aliphatic rings. The second-order valence-electron chi connectivity index (χ2n) is 7.83. The molecule has 180 valence electrons. The lowest BCUT2D eigenvalue weighted by Crippen LogP contribution is -2.12. The minimum atomic E-state index is -2.82. The molecule has 4 rings (SSSR count). The van der Waals surface area contributed by atoms with Crippen LogP contribution in [-0.4, -0.2) is 38.2 Å². The van der Waals surface area contributed by atoms with Gasteiger partial charge in [-0.15, -0.1) is 0 Å². The van der Waals surface area contributed by atoms with Gasteiger partial charge in [-0.2, -0.15) is 4.98 Å². The van der Waals surface area contributed by atoms with Crippen LogP contribution in [0.2, 0.25) is 0 Å². The molecule has 0 saturated carbocycles. The summed E-state index contributed by atoms with van der Waals surface area (Å²) >= 11 is 0. The van der Waals surface area contributed by atoms with E-state index in [1.165, 1.54) is 0 Å². The Balaban J connectivity index is 1.60. The number of anilines is 3. The normalized spacial score (nSPS) is 12.5. The van der Waals surface area contributed by atoms with Gasteiger partial charge in [0.05, 0.1) is 16.3 Å². The molecule has 0 radical (unpaired) electrons. The van der Waals surface area contributed by atoms with Crippen molar-refractivity contribution in [2.45, 2.75) is 18.2 Å². The van der Waals surface area contributed by atoms with Crippen molar-refractivity contribution < 1.29 is 8.95 Å². The molecule has 1 unspecified atom stereocenters. The van der Waals surface area contributed by atoms with Crippen LogP contribution in [0.1, 0.15) is 12.5 Å². The predicted octanol–water partition coefficient (Wildman–Crippen LogP) is 4.28. The smallest absolute Gasteiger partial charge is 0.229 e. The largest absolute Gasteiger partial charge is 0.494 e. The van der Waals surface area contributed by atoms with Crippen LogP contribution in [0.3, 0.4) is 0 Å². The number of hydrogen-bond donors (Lipinski definition) is 3. The Hall–Kier alpha value is -3.95. The summed E-state index contributed by atoms with van der Waals surface area (Å²) in [4.78, 5) is 13.9.